The molecule has 0 spiro atoms. The Hall–Kier alpha value is 0.632. The Morgan fingerprint density at radius 2 is 2.21 bits per heavy atom. The van der Waals surface area contributed by atoms with E-state index in [2.05, 4.69) is 0 Å². The molecule has 1 aliphatic carbocycles. The zero-order valence-corrected chi connectivity index (χ0v) is 17.3. The molecule has 1 N–H and O–H groups in total. The van der Waals surface area contributed by atoms with Crippen molar-refractivity contribution < 1.29 is 89.0 Å². The third-order valence-electron chi connectivity index (χ3n) is 2.81. The van der Waals surface area contributed by atoms with E-state index < -0.39 is 29.0 Å². The van der Waals surface area contributed by atoms with Crippen molar-refractivity contribution >= 4 is 10.3 Å². The van der Waals surface area contributed by atoms with Crippen LogP contribution in [0.2, 0.25) is 0 Å². The summed E-state index contributed by atoms with van der Waals surface area (Å²) >= 11 is 0. The molecule has 0 amide bonds. The zero-order chi connectivity index (χ0) is 15.1. The maximum Gasteiger partial charge on any atom is 1.00 e. The van der Waals surface area contributed by atoms with Crippen molar-refractivity contribution in [1.82, 2.24) is 4.31 Å². The quantitative estimate of drug-likeness (QED) is 0.486. The largest absolute Gasteiger partial charge is 1.00 e. The summed E-state index contributed by atoms with van der Waals surface area (Å²) in [6.07, 6.45) is 3.23. The molecule has 1 aromatic rings. The molecule has 0 aromatic heterocycles. The van der Waals surface area contributed by atoms with Crippen LogP contribution in [0.3, 0.4) is 0 Å². The van der Waals surface area contributed by atoms with Gasteiger partial charge in [-0.3, -0.25) is 4.55 Å². The minimum atomic E-state index is -5.02. The van der Waals surface area contributed by atoms with E-state index in [1.807, 2.05) is 0 Å². The van der Waals surface area contributed by atoms with E-state index in [0.29, 0.717) is 11.1 Å². The molecule has 1 aliphatic rings. The number of terminal acetylenes is 1. The second-order valence-electron chi connectivity index (χ2n) is 3.89. The molecule has 0 aliphatic heterocycles. The summed E-state index contributed by atoms with van der Waals surface area (Å²) in [5.41, 5.74) is 0.864. The number of hydrogen-bond donors (Lipinski definition) is 1. The van der Waals surface area contributed by atoms with Gasteiger partial charge in [-0.25, -0.2) is 4.39 Å². The number of benzene rings is 1. The van der Waals surface area contributed by atoms with Crippen molar-refractivity contribution in [3.63, 3.8) is 0 Å². The van der Waals surface area contributed by atoms with E-state index in [1.165, 1.54) is 6.07 Å². The van der Waals surface area contributed by atoms with Gasteiger partial charge in [-0.2, -0.15) is 12.7 Å². The standard InChI is InChI=1S/C12H12FNO3S.Cs/c1-2-7-14(18(15,16)17)12-10-6-4-3-5-9(10)8-11(12)13;/h1,3-6,11-12H,7-8H2,(H,15,16,17);/q;+1/t11-,12-;/m0./s1/i7D2;. The minimum absolute atomic E-state index is 0. The molecule has 0 saturated carbocycles. The van der Waals surface area contributed by atoms with Crippen molar-refractivity contribution in [2.45, 2.75) is 18.6 Å². The molecule has 19 heavy (non-hydrogen) atoms. The van der Waals surface area contributed by atoms with Gasteiger partial charge in [0, 0.05) is 6.42 Å². The SMILES string of the molecule is [2H]C([2H])(C#C)N([C@H]1c2ccccc2C[C@@H]1F)S(=O)(=O)O.[Cs+]. The second kappa shape index (κ2) is 7.07. The van der Waals surface area contributed by atoms with Gasteiger partial charge >= 0.3 is 79.2 Å². The summed E-state index contributed by atoms with van der Waals surface area (Å²) in [4.78, 5) is 0. The van der Waals surface area contributed by atoms with Crippen LogP contribution in [0.5, 0.6) is 0 Å². The smallest absolute Gasteiger partial charge is 0.273 e. The predicted molar refractivity (Wildman–Crippen MR) is 64.9 cm³/mol. The van der Waals surface area contributed by atoms with Crippen LogP contribution < -0.4 is 68.9 Å². The van der Waals surface area contributed by atoms with Gasteiger partial charge in [0.15, 0.2) is 0 Å². The van der Waals surface area contributed by atoms with E-state index in [9.17, 15) is 17.4 Å². The summed E-state index contributed by atoms with van der Waals surface area (Å²) in [6, 6.07) is 4.88. The summed E-state index contributed by atoms with van der Waals surface area (Å²) in [5.74, 6) is 1.63. The fourth-order valence-electron chi connectivity index (χ4n) is 2.13. The normalized spacial score (nSPS) is 23.9. The maximum absolute atomic E-state index is 14.2. The van der Waals surface area contributed by atoms with Crippen LogP contribution in [0.25, 0.3) is 0 Å². The molecule has 1 aromatic carbocycles. The number of hydrogen-bond acceptors (Lipinski definition) is 2. The van der Waals surface area contributed by atoms with Gasteiger partial charge in [0.1, 0.15) is 6.17 Å². The Morgan fingerprint density at radius 3 is 2.79 bits per heavy atom. The van der Waals surface area contributed by atoms with Crippen molar-refractivity contribution in [3.05, 3.63) is 35.4 Å². The average Bonchev–Trinajstić information content (AvgIpc) is 2.65. The van der Waals surface area contributed by atoms with Gasteiger partial charge in [-0.05, 0) is 11.1 Å². The summed E-state index contributed by atoms with van der Waals surface area (Å²) in [6.45, 7) is -2.83. The van der Waals surface area contributed by atoms with Crippen LogP contribution in [0.15, 0.2) is 24.3 Å². The molecule has 2 rings (SSSR count). The molecule has 0 saturated heterocycles. The first-order chi connectivity index (χ1) is 9.18. The molecule has 0 radical (unpaired) electrons. The van der Waals surface area contributed by atoms with Gasteiger partial charge in [0.2, 0.25) is 0 Å². The zero-order valence-electron chi connectivity index (χ0n) is 12.2. The van der Waals surface area contributed by atoms with E-state index in [4.69, 9.17) is 9.16 Å². The first-order valence-corrected chi connectivity index (χ1v) is 6.55. The maximum atomic E-state index is 14.2. The molecular formula is C12H12CsFNO3S+. The van der Waals surface area contributed by atoms with Gasteiger partial charge in [-0.15, -0.1) is 6.42 Å². The van der Waals surface area contributed by atoms with Gasteiger partial charge < -0.3 is 0 Å². The van der Waals surface area contributed by atoms with Crippen LogP contribution in [-0.4, -0.2) is 29.9 Å². The number of alkyl halides is 1. The number of nitrogens with zero attached hydrogens (tertiary/aromatic N) is 1. The summed E-state index contributed by atoms with van der Waals surface area (Å²) < 4.78 is 61.4. The Bertz CT molecular complexity index is 677. The predicted octanol–water partition coefficient (Wildman–Crippen LogP) is -1.64. The summed E-state index contributed by atoms with van der Waals surface area (Å²) in [5, 5.41) is 0. The molecule has 2 atom stereocenters. The first kappa shape index (κ1) is 14.6. The Balaban J connectivity index is 0.00000220. The molecule has 96 valence electrons. The van der Waals surface area contributed by atoms with Gasteiger partial charge in [0.05, 0.1) is 15.3 Å². The van der Waals surface area contributed by atoms with E-state index in [0.717, 1.165) is 0 Å². The minimum Gasteiger partial charge on any atom is -0.273 e. The van der Waals surface area contributed by atoms with E-state index >= 15 is 0 Å². The van der Waals surface area contributed by atoms with Crippen LogP contribution in [0, 0.1) is 12.3 Å². The second-order valence-corrected chi connectivity index (χ2v) is 5.18. The van der Waals surface area contributed by atoms with Crippen molar-refractivity contribution in [1.29, 1.82) is 0 Å². The average molecular weight is 404 g/mol. The van der Waals surface area contributed by atoms with Crippen LogP contribution in [0.4, 0.5) is 4.39 Å². The summed E-state index contributed by atoms with van der Waals surface area (Å²) in [7, 11) is -5.02. The molecule has 0 unspecified atom stereocenters. The molecular weight excluding hydrogens is 390 g/mol. The van der Waals surface area contributed by atoms with Crippen molar-refractivity contribution in [3.8, 4) is 12.3 Å². The van der Waals surface area contributed by atoms with Crippen LogP contribution in [0.1, 0.15) is 19.9 Å². The number of rotatable bonds is 3. The number of halogens is 1. The Morgan fingerprint density at radius 1 is 1.58 bits per heavy atom. The Labute approximate surface area is 173 Å². The molecule has 0 fully saturated rings. The molecule has 4 nitrogen and oxygen atoms in total. The van der Waals surface area contributed by atoms with Crippen molar-refractivity contribution in [2.75, 3.05) is 6.50 Å². The molecule has 7 heteroatoms. The first-order valence-electron chi connectivity index (χ1n) is 6.15. The van der Waals surface area contributed by atoms with Gasteiger partial charge in [-0.1, -0.05) is 30.2 Å². The molecule has 0 bridgehead atoms. The van der Waals surface area contributed by atoms with Crippen LogP contribution >= 0.6 is 0 Å². The van der Waals surface area contributed by atoms with Crippen molar-refractivity contribution in [2.24, 2.45) is 0 Å². The van der Waals surface area contributed by atoms with Gasteiger partial charge in [0.25, 0.3) is 0 Å². The third-order valence-corrected chi connectivity index (χ3v) is 3.62. The monoisotopic (exact) mass is 404 g/mol. The van der Waals surface area contributed by atoms with Crippen LogP contribution in [-0.2, 0) is 16.7 Å². The Kier molecular flexibility index (Phi) is 5.42. The number of fused-ring (bicyclic) bond motifs is 1. The topological polar surface area (TPSA) is 57.6 Å². The van der Waals surface area contributed by atoms with E-state index in [-0.39, 0.29) is 79.6 Å². The van der Waals surface area contributed by atoms with E-state index in [1.54, 1.807) is 24.1 Å². The fraction of sp³-hybridized carbons (Fsp3) is 0.333. The fourth-order valence-corrected chi connectivity index (χ4v) is 2.83. The molecule has 0 heterocycles. The third kappa shape index (κ3) is 3.84.